The van der Waals surface area contributed by atoms with Crippen molar-refractivity contribution in [1.82, 2.24) is 9.97 Å². The highest BCUT2D eigenvalue weighted by Crippen LogP contribution is 2.26. The maximum absolute atomic E-state index is 15.1. The number of hydrogen-bond donors (Lipinski definition) is 2. The zero-order valence-corrected chi connectivity index (χ0v) is 18.9. The highest BCUT2D eigenvalue weighted by atomic mass is 32.2. The third-order valence-corrected chi connectivity index (χ3v) is 6.99. The zero-order valence-electron chi connectivity index (χ0n) is 18.0. The first kappa shape index (κ1) is 24.1. The summed E-state index contributed by atoms with van der Waals surface area (Å²) in [5, 5.41) is -0.800. The van der Waals surface area contributed by atoms with E-state index in [1.807, 2.05) is 30.3 Å². The standard InChI is InChI=1S/C24H23F2N3O3S/c1-3-16(2)33(31,32)29-21-12-11-20(25)22(23(21)26)24(30)19-10-9-18(13-27-15-28-14-19)17-7-5-4-6-8-17/h4-16,29H,3H2,1-2H3,(H,27,28). The number of nitrogens with one attached hydrogen (secondary N) is 2. The molecular weight excluding hydrogens is 448 g/mol. The number of H-pyrrole nitrogens is 1. The Hall–Kier alpha value is -3.59. The molecule has 33 heavy (non-hydrogen) atoms. The van der Waals surface area contributed by atoms with Crippen LogP contribution in [0.2, 0.25) is 0 Å². The number of anilines is 1. The van der Waals surface area contributed by atoms with Gasteiger partial charge in [0.25, 0.3) is 0 Å². The predicted octanol–water partition coefficient (Wildman–Crippen LogP) is 5.25. The van der Waals surface area contributed by atoms with Gasteiger partial charge in [0.05, 0.1) is 22.8 Å². The summed E-state index contributed by atoms with van der Waals surface area (Å²) in [4.78, 5) is 19.9. The van der Waals surface area contributed by atoms with Gasteiger partial charge in [0.1, 0.15) is 5.82 Å². The van der Waals surface area contributed by atoms with Crippen molar-refractivity contribution in [3.63, 3.8) is 0 Å². The molecule has 0 bridgehead atoms. The van der Waals surface area contributed by atoms with Gasteiger partial charge in [0.2, 0.25) is 15.8 Å². The molecule has 0 aliphatic heterocycles. The van der Waals surface area contributed by atoms with Crippen LogP contribution in [0.25, 0.3) is 11.1 Å². The van der Waals surface area contributed by atoms with Crippen molar-refractivity contribution < 1.29 is 22.0 Å². The smallest absolute Gasteiger partial charge is 0.235 e. The quantitative estimate of drug-likeness (QED) is 0.461. The minimum atomic E-state index is -3.91. The lowest BCUT2D eigenvalue weighted by Crippen LogP contribution is -2.25. The Morgan fingerprint density at radius 2 is 1.79 bits per heavy atom. The molecular formula is C24H23F2N3O3S. The number of carbonyl (C=O) groups excluding carboxylic acids is 1. The number of ketones is 1. The van der Waals surface area contributed by atoms with E-state index in [9.17, 15) is 17.6 Å². The zero-order chi connectivity index (χ0) is 24.0. The largest absolute Gasteiger partial charge is 0.352 e. The monoisotopic (exact) mass is 471 g/mol. The molecule has 2 aromatic carbocycles. The molecule has 0 saturated heterocycles. The number of aromatic amines is 1. The van der Waals surface area contributed by atoms with E-state index in [-0.39, 0.29) is 5.56 Å². The molecule has 1 aromatic heterocycles. The highest BCUT2D eigenvalue weighted by Gasteiger charge is 2.25. The molecule has 9 heteroatoms. The normalized spacial score (nSPS) is 12.0. The Morgan fingerprint density at radius 3 is 2.48 bits per heavy atom. The molecule has 0 spiro atoms. The molecule has 0 aliphatic rings. The van der Waals surface area contributed by atoms with Crippen molar-refractivity contribution in [2.45, 2.75) is 25.5 Å². The van der Waals surface area contributed by atoms with Crippen LogP contribution < -0.4 is 4.72 Å². The van der Waals surface area contributed by atoms with E-state index >= 15 is 4.39 Å². The number of aromatic nitrogens is 2. The first-order valence-corrected chi connectivity index (χ1v) is 11.7. The van der Waals surface area contributed by atoms with Gasteiger partial charge in [0, 0.05) is 18.0 Å². The average Bonchev–Trinajstić information content (AvgIpc) is 2.93. The summed E-state index contributed by atoms with van der Waals surface area (Å²) in [5.41, 5.74) is 0.1000. The molecule has 3 rings (SSSR count). The molecule has 0 amide bonds. The van der Waals surface area contributed by atoms with E-state index in [2.05, 4.69) is 14.7 Å². The van der Waals surface area contributed by atoms with E-state index in [0.29, 0.717) is 12.0 Å². The molecule has 1 unspecified atom stereocenters. The van der Waals surface area contributed by atoms with Crippen molar-refractivity contribution in [2.75, 3.05) is 4.72 Å². The third-order valence-electron chi connectivity index (χ3n) is 5.09. The molecule has 1 atom stereocenters. The number of benzene rings is 2. The van der Waals surface area contributed by atoms with Crippen LogP contribution >= 0.6 is 0 Å². The molecule has 6 nitrogen and oxygen atoms in total. The number of rotatable bonds is 7. The number of carbonyl (C=O) groups is 1. The van der Waals surface area contributed by atoms with Gasteiger partial charge in [-0.2, -0.15) is 0 Å². The number of sulfonamides is 1. The average molecular weight is 472 g/mol. The number of nitrogens with zero attached hydrogens (tertiary/aromatic N) is 1. The second kappa shape index (κ2) is 10.4. The van der Waals surface area contributed by atoms with Crippen LogP contribution in [0.15, 0.2) is 73.3 Å². The second-order valence-corrected chi connectivity index (χ2v) is 9.41. The van der Waals surface area contributed by atoms with Gasteiger partial charge in [-0.15, -0.1) is 0 Å². The molecule has 3 aromatic rings. The molecule has 0 radical (unpaired) electrons. The van der Waals surface area contributed by atoms with Gasteiger partial charge in [-0.3, -0.25) is 9.52 Å². The molecule has 2 N–H and O–H groups in total. The van der Waals surface area contributed by atoms with Gasteiger partial charge in [0.15, 0.2) is 5.82 Å². The van der Waals surface area contributed by atoms with Gasteiger partial charge >= 0.3 is 0 Å². The minimum absolute atomic E-state index is 0.0866. The summed E-state index contributed by atoms with van der Waals surface area (Å²) in [6.45, 7) is 3.14. The van der Waals surface area contributed by atoms with Crippen LogP contribution in [-0.2, 0) is 10.0 Å². The number of hydrogen-bond acceptors (Lipinski definition) is 4. The van der Waals surface area contributed by atoms with E-state index < -0.39 is 43.9 Å². The lowest BCUT2D eigenvalue weighted by Gasteiger charge is -2.15. The summed E-state index contributed by atoms with van der Waals surface area (Å²) in [7, 11) is -3.91. The van der Waals surface area contributed by atoms with Crippen LogP contribution in [0.1, 0.15) is 36.2 Å². The molecule has 0 fully saturated rings. The third kappa shape index (κ3) is 5.61. The summed E-state index contributed by atoms with van der Waals surface area (Å²) in [6.07, 6.45) is 4.46. The second-order valence-electron chi connectivity index (χ2n) is 7.31. The van der Waals surface area contributed by atoms with Crippen LogP contribution in [0.5, 0.6) is 0 Å². The Balaban J connectivity index is 2.07. The maximum Gasteiger partial charge on any atom is 0.235 e. The van der Waals surface area contributed by atoms with Crippen molar-refractivity contribution in [1.29, 1.82) is 0 Å². The van der Waals surface area contributed by atoms with Crippen LogP contribution in [0, 0.1) is 11.6 Å². The van der Waals surface area contributed by atoms with E-state index in [0.717, 1.165) is 17.7 Å². The van der Waals surface area contributed by atoms with Gasteiger partial charge in [-0.05, 0) is 42.7 Å². The fourth-order valence-electron chi connectivity index (χ4n) is 2.96. The summed E-state index contributed by atoms with van der Waals surface area (Å²) >= 11 is 0. The molecule has 1 heterocycles. The van der Waals surface area contributed by atoms with E-state index in [1.54, 1.807) is 19.2 Å². The highest BCUT2D eigenvalue weighted by molar-refractivity contribution is 7.93. The Kier molecular flexibility index (Phi) is 7.55. The maximum atomic E-state index is 15.1. The first-order valence-electron chi connectivity index (χ1n) is 10.2. The molecule has 0 aliphatic carbocycles. The summed E-state index contributed by atoms with van der Waals surface area (Å²) < 4.78 is 56.5. The van der Waals surface area contributed by atoms with E-state index in [4.69, 9.17) is 0 Å². The van der Waals surface area contributed by atoms with Crippen molar-refractivity contribution in [3.8, 4) is 11.1 Å². The van der Waals surface area contributed by atoms with Crippen molar-refractivity contribution in [2.24, 2.45) is 0 Å². The van der Waals surface area contributed by atoms with Crippen LogP contribution in [-0.4, -0.2) is 29.4 Å². The van der Waals surface area contributed by atoms with E-state index in [1.165, 1.54) is 25.5 Å². The van der Waals surface area contributed by atoms with Crippen LogP contribution in [0.3, 0.4) is 0 Å². The Morgan fingerprint density at radius 1 is 1.06 bits per heavy atom. The fourth-order valence-corrected chi connectivity index (χ4v) is 4.06. The number of halogens is 2. The lowest BCUT2D eigenvalue weighted by atomic mass is 10.0. The SMILES string of the molecule is CCC(C)S(=O)(=O)Nc1ccc(F)c(C(=O)c2ccc(-c3ccccc3)c[nH]cnc2)c1F. The summed E-state index contributed by atoms with van der Waals surface area (Å²) in [6, 6.07) is 14.1. The van der Waals surface area contributed by atoms with Crippen LogP contribution in [0.4, 0.5) is 14.5 Å². The van der Waals surface area contributed by atoms with Gasteiger partial charge < -0.3 is 4.98 Å². The van der Waals surface area contributed by atoms with Gasteiger partial charge in [-0.25, -0.2) is 22.2 Å². The lowest BCUT2D eigenvalue weighted by molar-refractivity contribution is 0.103. The Bertz CT molecular complexity index is 1310. The topological polar surface area (TPSA) is 91.9 Å². The summed E-state index contributed by atoms with van der Waals surface area (Å²) in [5.74, 6) is -3.38. The van der Waals surface area contributed by atoms with Crippen molar-refractivity contribution in [3.05, 3.63) is 96.1 Å². The van der Waals surface area contributed by atoms with Gasteiger partial charge in [-0.1, -0.05) is 43.3 Å². The first-order chi connectivity index (χ1) is 15.7. The molecule has 0 saturated carbocycles. The van der Waals surface area contributed by atoms with Crippen molar-refractivity contribution >= 4 is 21.5 Å². The Labute approximate surface area is 191 Å². The minimum Gasteiger partial charge on any atom is -0.352 e. The fraction of sp³-hybridized carbons (Fsp3) is 0.167. The molecule has 172 valence electrons. The predicted molar refractivity (Wildman–Crippen MR) is 124 cm³/mol.